The Bertz CT molecular complexity index is 201. The second-order valence-corrected chi connectivity index (χ2v) is 3.82. The predicted molar refractivity (Wildman–Crippen MR) is 44.0 cm³/mol. The number of aliphatic hydroxyl groups excluding tert-OH is 4. The Kier molecular flexibility index (Phi) is 2.29. The first-order chi connectivity index (χ1) is 6.16. The summed E-state index contributed by atoms with van der Waals surface area (Å²) in [5.74, 6) is 0. The molecule has 2 saturated heterocycles. The fourth-order valence-corrected chi connectivity index (χ4v) is 2.47. The maximum atomic E-state index is 9.58. The third-order valence-electron chi connectivity index (χ3n) is 3.17. The van der Waals surface area contributed by atoms with E-state index in [9.17, 15) is 15.3 Å². The van der Waals surface area contributed by atoms with Crippen LogP contribution in [0.4, 0.5) is 0 Å². The van der Waals surface area contributed by atoms with Gasteiger partial charge in [-0.15, -0.1) is 0 Å². The van der Waals surface area contributed by atoms with Crippen LogP contribution in [0.1, 0.15) is 6.42 Å². The van der Waals surface area contributed by atoms with Gasteiger partial charge in [-0.1, -0.05) is 0 Å². The Morgan fingerprint density at radius 3 is 2.46 bits per heavy atom. The smallest absolute Gasteiger partial charge is 0.0995 e. The lowest BCUT2D eigenvalue weighted by molar-refractivity contribution is -0.000895. The van der Waals surface area contributed by atoms with Gasteiger partial charge in [-0.25, -0.2) is 0 Å². The number of hydrogen-bond acceptors (Lipinski definition) is 5. The van der Waals surface area contributed by atoms with E-state index in [-0.39, 0.29) is 6.61 Å². The van der Waals surface area contributed by atoms with Gasteiger partial charge in [-0.2, -0.15) is 0 Å². The molecule has 5 atom stereocenters. The highest BCUT2D eigenvalue weighted by molar-refractivity contribution is 5.06. The zero-order valence-electron chi connectivity index (χ0n) is 7.24. The molecule has 0 aliphatic carbocycles. The summed E-state index contributed by atoms with van der Waals surface area (Å²) in [5.41, 5.74) is 0. The van der Waals surface area contributed by atoms with E-state index >= 15 is 0 Å². The van der Waals surface area contributed by atoms with Crippen molar-refractivity contribution in [2.45, 2.75) is 36.8 Å². The summed E-state index contributed by atoms with van der Waals surface area (Å²) in [6.45, 7) is 0.451. The van der Waals surface area contributed by atoms with Crippen LogP contribution >= 0.6 is 0 Å². The zero-order chi connectivity index (χ0) is 9.59. The third kappa shape index (κ3) is 1.19. The lowest BCUT2D eigenvalue weighted by atomic mass is 10.0. The van der Waals surface area contributed by atoms with Crippen LogP contribution in [0.15, 0.2) is 0 Å². The van der Waals surface area contributed by atoms with E-state index in [0.717, 1.165) is 0 Å². The molecule has 13 heavy (non-hydrogen) atoms. The van der Waals surface area contributed by atoms with E-state index in [2.05, 4.69) is 0 Å². The highest BCUT2D eigenvalue weighted by atomic mass is 16.3. The van der Waals surface area contributed by atoms with Gasteiger partial charge in [-0.05, 0) is 6.42 Å². The molecule has 0 aromatic carbocycles. The predicted octanol–water partition coefficient (Wildman–Crippen LogP) is -2.48. The van der Waals surface area contributed by atoms with Gasteiger partial charge >= 0.3 is 0 Å². The number of fused-ring (bicyclic) bond motifs is 1. The minimum Gasteiger partial charge on any atom is -0.395 e. The molecule has 0 spiro atoms. The van der Waals surface area contributed by atoms with Gasteiger partial charge in [0, 0.05) is 6.54 Å². The van der Waals surface area contributed by atoms with Gasteiger partial charge < -0.3 is 20.4 Å². The molecule has 5 heteroatoms. The van der Waals surface area contributed by atoms with Crippen LogP contribution in [0.3, 0.4) is 0 Å². The van der Waals surface area contributed by atoms with Gasteiger partial charge in [0.2, 0.25) is 0 Å². The molecule has 2 aliphatic heterocycles. The van der Waals surface area contributed by atoms with Crippen LogP contribution in [-0.2, 0) is 0 Å². The molecular formula is C8H15NO4. The monoisotopic (exact) mass is 189 g/mol. The normalized spacial score (nSPS) is 51.2. The van der Waals surface area contributed by atoms with Crippen LogP contribution in [0.2, 0.25) is 0 Å². The quantitative estimate of drug-likeness (QED) is 0.367. The Balaban J connectivity index is 2.19. The molecule has 0 bridgehead atoms. The first kappa shape index (κ1) is 9.36. The van der Waals surface area contributed by atoms with Crippen LogP contribution in [0, 0.1) is 0 Å². The largest absolute Gasteiger partial charge is 0.395 e. The van der Waals surface area contributed by atoms with Gasteiger partial charge in [0.05, 0.1) is 37.0 Å². The number of nitrogens with zero attached hydrogens (tertiary/aromatic N) is 1. The molecule has 0 saturated carbocycles. The maximum absolute atomic E-state index is 9.58. The molecular weight excluding hydrogens is 174 g/mol. The highest BCUT2D eigenvalue weighted by Gasteiger charge is 2.52. The standard InChI is InChI=1S/C8H15NO4/c10-3-4-7(12)8(13)6-5(11)1-2-9(4)6/h4-8,10-13H,1-3H2/t4-,5?,6-,7?,8-/m1/s1. The van der Waals surface area contributed by atoms with Gasteiger partial charge in [0.25, 0.3) is 0 Å². The Morgan fingerprint density at radius 2 is 1.85 bits per heavy atom. The summed E-state index contributed by atoms with van der Waals surface area (Å²) in [5, 5.41) is 37.6. The molecule has 0 aromatic rings. The molecule has 0 amide bonds. The molecule has 0 radical (unpaired) electrons. The maximum Gasteiger partial charge on any atom is 0.0995 e. The van der Waals surface area contributed by atoms with E-state index in [1.54, 1.807) is 4.90 Å². The highest BCUT2D eigenvalue weighted by Crippen LogP contribution is 2.33. The van der Waals surface area contributed by atoms with Crippen LogP contribution < -0.4 is 0 Å². The topological polar surface area (TPSA) is 84.2 Å². The molecule has 2 unspecified atom stereocenters. The van der Waals surface area contributed by atoms with Gasteiger partial charge in [0.1, 0.15) is 0 Å². The molecule has 2 aliphatic rings. The van der Waals surface area contributed by atoms with Crippen molar-refractivity contribution < 1.29 is 20.4 Å². The van der Waals surface area contributed by atoms with Crippen molar-refractivity contribution in [3.05, 3.63) is 0 Å². The Morgan fingerprint density at radius 1 is 1.15 bits per heavy atom. The molecule has 2 fully saturated rings. The number of hydrogen-bond donors (Lipinski definition) is 4. The lowest BCUT2D eigenvalue weighted by Crippen LogP contribution is -2.39. The van der Waals surface area contributed by atoms with Crippen LogP contribution in [-0.4, -0.2) is 68.9 Å². The van der Waals surface area contributed by atoms with Crippen molar-refractivity contribution in [1.29, 1.82) is 0 Å². The summed E-state index contributed by atoms with van der Waals surface area (Å²) in [6.07, 6.45) is -1.86. The van der Waals surface area contributed by atoms with E-state index in [0.29, 0.717) is 13.0 Å². The van der Waals surface area contributed by atoms with E-state index in [1.807, 2.05) is 0 Å². The second-order valence-electron chi connectivity index (χ2n) is 3.82. The second kappa shape index (κ2) is 3.18. The summed E-state index contributed by atoms with van der Waals surface area (Å²) in [6, 6.07) is -0.815. The number of aliphatic hydroxyl groups is 4. The fourth-order valence-electron chi connectivity index (χ4n) is 2.47. The minimum atomic E-state index is -0.940. The fraction of sp³-hybridized carbons (Fsp3) is 1.00. The van der Waals surface area contributed by atoms with E-state index < -0.39 is 30.4 Å². The molecule has 5 nitrogen and oxygen atoms in total. The first-order valence-corrected chi connectivity index (χ1v) is 4.57. The van der Waals surface area contributed by atoms with E-state index in [1.165, 1.54) is 0 Å². The SMILES string of the molecule is OC[C@@H]1C(O)[C@H](O)[C@H]2C(O)CCN12. The average molecular weight is 189 g/mol. The summed E-state index contributed by atoms with van der Waals surface area (Å²) < 4.78 is 0. The van der Waals surface area contributed by atoms with Crippen molar-refractivity contribution in [3.8, 4) is 0 Å². The van der Waals surface area contributed by atoms with Crippen molar-refractivity contribution in [3.63, 3.8) is 0 Å². The van der Waals surface area contributed by atoms with Gasteiger partial charge in [-0.3, -0.25) is 4.90 Å². The van der Waals surface area contributed by atoms with Crippen LogP contribution in [0.25, 0.3) is 0 Å². The van der Waals surface area contributed by atoms with Crippen molar-refractivity contribution in [1.82, 2.24) is 4.90 Å². The summed E-state index contributed by atoms with van der Waals surface area (Å²) in [4.78, 5) is 1.79. The van der Waals surface area contributed by atoms with Gasteiger partial charge in [0.15, 0.2) is 0 Å². The van der Waals surface area contributed by atoms with E-state index in [4.69, 9.17) is 5.11 Å². The summed E-state index contributed by atoms with van der Waals surface area (Å²) in [7, 11) is 0. The average Bonchev–Trinajstić information content (AvgIpc) is 2.57. The zero-order valence-corrected chi connectivity index (χ0v) is 7.24. The molecule has 2 heterocycles. The Labute approximate surface area is 76.2 Å². The lowest BCUT2D eigenvalue weighted by Gasteiger charge is -2.22. The number of rotatable bonds is 1. The molecule has 0 aromatic heterocycles. The van der Waals surface area contributed by atoms with Crippen molar-refractivity contribution in [2.24, 2.45) is 0 Å². The summed E-state index contributed by atoms with van der Waals surface area (Å²) >= 11 is 0. The molecule has 4 N–H and O–H groups in total. The van der Waals surface area contributed by atoms with Crippen LogP contribution in [0.5, 0.6) is 0 Å². The third-order valence-corrected chi connectivity index (χ3v) is 3.17. The minimum absolute atomic E-state index is 0.179. The molecule has 2 rings (SSSR count). The molecule has 76 valence electrons. The first-order valence-electron chi connectivity index (χ1n) is 4.57. The Hall–Kier alpha value is -0.200. The van der Waals surface area contributed by atoms with Crippen molar-refractivity contribution >= 4 is 0 Å². The van der Waals surface area contributed by atoms with Crippen molar-refractivity contribution in [2.75, 3.05) is 13.2 Å².